The Morgan fingerprint density at radius 3 is 2.28 bits per heavy atom. The molecule has 0 saturated carbocycles. The van der Waals surface area contributed by atoms with E-state index in [1.54, 1.807) is 16.9 Å². The molecule has 2 heterocycles. The second kappa shape index (κ2) is 9.30. The van der Waals surface area contributed by atoms with Gasteiger partial charge in [-0.2, -0.15) is 10.2 Å². The fourth-order valence-corrected chi connectivity index (χ4v) is 3.26. The highest BCUT2D eigenvalue weighted by atomic mass is 16.2. The third kappa shape index (κ3) is 4.92. The van der Waals surface area contributed by atoms with Gasteiger partial charge in [-0.3, -0.25) is 9.59 Å². The van der Waals surface area contributed by atoms with Gasteiger partial charge in [-0.15, -0.1) is 0 Å². The molecule has 32 heavy (non-hydrogen) atoms. The molecule has 0 aliphatic carbocycles. The van der Waals surface area contributed by atoms with Gasteiger partial charge in [0.2, 0.25) is 0 Å². The molecular weight excluding hydrogens is 404 g/mol. The van der Waals surface area contributed by atoms with E-state index in [-0.39, 0.29) is 11.3 Å². The zero-order chi connectivity index (χ0) is 22.5. The molecule has 0 radical (unpaired) electrons. The summed E-state index contributed by atoms with van der Waals surface area (Å²) in [6, 6.07) is 22.2. The van der Waals surface area contributed by atoms with Crippen LogP contribution in [-0.2, 0) is 13.1 Å². The maximum absolute atomic E-state index is 12.8. The van der Waals surface area contributed by atoms with Crippen LogP contribution >= 0.6 is 0 Å². The number of carbonyl (C=O) groups excluding carboxylic acids is 1. The maximum Gasteiger partial charge on any atom is 0.277 e. The van der Waals surface area contributed by atoms with Gasteiger partial charge in [0.15, 0.2) is 0 Å². The van der Waals surface area contributed by atoms with Crippen molar-refractivity contribution in [1.82, 2.24) is 19.6 Å². The molecule has 4 rings (SSSR count). The summed E-state index contributed by atoms with van der Waals surface area (Å²) in [7, 11) is 3.99. The van der Waals surface area contributed by atoms with Crippen LogP contribution in [-0.4, -0.2) is 39.6 Å². The molecule has 0 atom stereocenters. The minimum atomic E-state index is -0.406. The first kappa shape index (κ1) is 21.0. The van der Waals surface area contributed by atoms with Crippen molar-refractivity contribution in [2.75, 3.05) is 24.3 Å². The Morgan fingerprint density at radius 1 is 0.875 bits per heavy atom. The number of benzene rings is 2. The van der Waals surface area contributed by atoms with E-state index in [1.165, 1.54) is 16.8 Å². The first-order valence-electron chi connectivity index (χ1n) is 10.2. The number of nitrogens with one attached hydrogen (secondary N) is 1. The molecule has 0 bridgehead atoms. The molecule has 0 spiro atoms. The van der Waals surface area contributed by atoms with E-state index in [0.29, 0.717) is 18.9 Å². The van der Waals surface area contributed by atoms with E-state index in [2.05, 4.69) is 15.5 Å². The lowest BCUT2D eigenvalue weighted by atomic mass is 10.2. The number of rotatable bonds is 7. The molecule has 4 aromatic rings. The van der Waals surface area contributed by atoms with Gasteiger partial charge in [-0.1, -0.05) is 42.5 Å². The minimum Gasteiger partial charge on any atom is -0.378 e. The summed E-state index contributed by atoms with van der Waals surface area (Å²) in [6.07, 6.45) is 1.63. The second-order valence-corrected chi connectivity index (χ2v) is 7.59. The molecule has 8 heteroatoms. The molecule has 162 valence electrons. The van der Waals surface area contributed by atoms with Gasteiger partial charge in [-0.25, -0.2) is 9.36 Å². The molecule has 2 aromatic heterocycles. The van der Waals surface area contributed by atoms with E-state index >= 15 is 0 Å². The summed E-state index contributed by atoms with van der Waals surface area (Å²) in [4.78, 5) is 27.0. The van der Waals surface area contributed by atoms with Crippen molar-refractivity contribution in [1.29, 1.82) is 0 Å². The van der Waals surface area contributed by atoms with Crippen molar-refractivity contribution in [3.05, 3.63) is 106 Å². The molecule has 0 aliphatic rings. The van der Waals surface area contributed by atoms with Crippen LogP contribution in [0.2, 0.25) is 0 Å². The minimum absolute atomic E-state index is 0.156. The monoisotopic (exact) mass is 428 g/mol. The Balaban J connectivity index is 1.48. The average Bonchev–Trinajstić information content (AvgIpc) is 3.22. The molecule has 0 fully saturated rings. The lowest BCUT2D eigenvalue weighted by molar-refractivity contribution is 0.101. The molecule has 0 unspecified atom stereocenters. The van der Waals surface area contributed by atoms with Crippen molar-refractivity contribution < 1.29 is 4.79 Å². The number of anilines is 2. The number of hydrogen-bond donors (Lipinski definition) is 1. The first-order valence-corrected chi connectivity index (χ1v) is 10.2. The van der Waals surface area contributed by atoms with Gasteiger partial charge in [0.1, 0.15) is 11.5 Å². The maximum atomic E-state index is 12.8. The summed E-state index contributed by atoms with van der Waals surface area (Å²) in [5.74, 6) is 0.144. The molecule has 1 amide bonds. The van der Waals surface area contributed by atoms with Crippen LogP contribution in [0.3, 0.4) is 0 Å². The zero-order valence-electron chi connectivity index (χ0n) is 18.0. The third-order valence-corrected chi connectivity index (χ3v) is 5.02. The fourth-order valence-electron chi connectivity index (χ4n) is 3.26. The highest BCUT2D eigenvalue weighted by molar-refractivity contribution is 6.02. The van der Waals surface area contributed by atoms with Crippen LogP contribution in [0.1, 0.15) is 21.6 Å². The molecule has 0 saturated heterocycles. The van der Waals surface area contributed by atoms with Crippen molar-refractivity contribution in [3.63, 3.8) is 0 Å². The molecule has 8 nitrogen and oxygen atoms in total. The highest BCUT2D eigenvalue weighted by Crippen LogP contribution is 2.15. The normalized spacial score (nSPS) is 10.7. The van der Waals surface area contributed by atoms with Gasteiger partial charge >= 0.3 is 0 Å². The van der Waals surface area contributed by atoms with Gasteiger partial charge in [-0.05, 0) is 29.3 Å². The Morgan fingerprint density at radius 2 is 1.56 bits per heavy atom. The lowest BCUT2D eigenvalue weighted by Gasteiger charge is -2.13. The van der Waals surface area contributed by atoms with Crippen LogP contribution in [0, 0.1) is 0 Å². The van der Waals surface area contributed by atoms with Crippen LogP contribution in [0.15, 0.2) is 83.8 Å². The van der Waals surface area contributed by atoms with E-state index < -0.39 is 5.91 Å². The van der Waals surface area contributed by atoms with E-state index in [0.717, 1.165) is 16.8 Å². The Labute approximate surface area is 185 Å². The summed E-state index contributed by atoms with van der Waals surface area (Å²) in [5, 5.41) is 11.4. The van der Waals surface area contributed by atoms with Crippen LogP contribution in [0.4, 0.5) is 11.5 Å². The summed E-state index contributed by atoms with van der Waals surface area (Å²) in [5.41, 5.74) is 2.99. The average molecular weight is 428 g/mol. The zero-order valence-corrected chi connectivity index (χ0v) is 18.0. The van der Waals surface area contributed by atoms with Gasteiger partial charge in [0, 0.05) is 31.9 Å². The molecular formula is C24H24N6O2. The molecule has 2 aromatic carbocycles. The van der Waals surface area contributed by atoms with Crippen LogP contribution in [0.25, 0.3) is 0 Å². The van der Waals surface area contributed by atoms with Crippen LogP contribution in [0.5, 0.6) is 0 Å². The smallest absolute Gasteiger partial charge is 0.277 e. The van der Waals surface area contributed by atoms with E-state index in [1.807, 2.05) is 73.6 Å². The first-order chi connectivity index (χ1) is 15.5. The number of nitrogens with zero attached hydrogens (tertiary/aromatic N) is 5. The van der Waals surface area contributed by atoms with Crippen LogP contribution < -0.4 is 15.8 Å². The summed E-state index contributed by atoms with van der Waals surface area (Å²) >= 11 is 0. The number of amides is 1. The van der Waals surface area contributed by atoms with Gasteiger partial charge in [0.25, 0.3) is 11.5 Å². The standard InChI is InChI=1S/C24H24N6O2/c1-28(2)20-10-8-19(9-11-20)16-29-22(14-15-25-29)26-24(32)21-12-13-23(31)30(27-21)17-18-6-4-3-5-7-18/h3-15H,16-17H2,1-2H3,(H,26,32). The van der Waals surface area contributed by atoms with Crippen molar-refractivity contribution in [3.8, 4) is 0 Å². The molecule has 0 aliphatic heterocycles. The van der Waals surface area contributed by atoms with Crippen molar-refractivity contribution in [2.45, 2.75) is 13.1 Å². The number of hydrogen-bond acceptors (Lipinski definition) is 5. The topological polar surface area (TPSA) is 85.0 Å². The largest absolute Gasteiger partial charge is 0.378 e. The quantitative estimate of drug-likeness (QED) is 0.489. The predicted molar refractivity (Wildman–Crippen MR) is 124 cm³/mol. The predicted octanol–water partition coefficient (Wildman–Crippen LogP) is 2.85. The van der Waals surface area contributed by atoms with E-state index in [9.17, 15) is 9.59 Å². The second-order valence-electron chi connectivity index (χ2n) is 7.59. The van der Waals surface area contributed by atoms with Crippen molar-refractivity contribution >= 4 is 17.4 Å². The Kier molecular flexibility index (Phi) is 6.12. The SMILES string of the molecule is CN(C)c1ccc(Cn2nccc2NC(=O)c2ccc(=O)n(Cc3ccccc3)n2)cc1. The Bertz CT molecular complexity index is 1260. The van der Waals surface area contributed by atoms with E-state index in [4.69, 9.17) is 0 Å². The molecule has 1 N–H and O–H groups in total. The number of aromatic nitrogens is 4. The van der Waals surface area contributed by atoms with Gasteiger partial charge in [0.05, 0.1) is 19.3 Å². The van der Waals surface area contributed by atoms with Gasteiger partial charge < -0.3 is 10.2 Å². The van der Waals surface area contributed by atoms with Crippen molar-refractivity contribution in [2.24, 2.45) is 0 Å². The lowest BCUT2D eigenvalue weighted by Crippen LogP contribution is -2.27. The highest BCUT2D eigenvalue weighted by Gasteiger charge is 2.13. The summed E-state index contributed by atoms with van der Waals surface area (Å²) in [6.45, 7) is 0.804. The fraction of sp³-hybridized carbons (Fsp3) is 0.167. The Hall–Kier alpha value is -4.20. The third-order valence-electron chi connectivity index (χ3n) is 5.02. The number of carbonyl (C=O) groups is 1. The summed E-state index contributed by atoms with van der Waals surface area (Å²) < 4.78 is 3.00.